The van der Waals surface area contributed by atoms with E-state index in [2.05, 4.69) is 22.2 Å². The first-order chi connectivity index (χ1) is 12.4. The lowest BCUT2D eigenvalue weighted by molar-refractivity contribution is 0.103. The number of nitrogens with zero attached hydrogens (tertiary/aromatic N) is 4. The van der Waals surface area contributed by atoms with E-state index in [-0.39, 0.29) is 17.4 Å². The van der Waals surface area contributed by atoms with Gasteiger partial charge in [-0.05, 0) is 38.3 Å². The Hall–Kier alpha value is -2.57. The first-order valence-electron chi connectivity index (χ1n) is 8.98. The maximum Gasteiger partial charge on any atom is 0.323 e. The molecule has 2 aliphatic rings. The summed E-state index contributed by atoms with van der Waals surface area (Å²) >= 11 is 0. The molecule has 0 radical (unpaired) electrons. The molecule has 7 heteroatoms. The van der Waals surface area contributed by atoms with Crippen LogP contribution in [0.15, 0.2) is 24.4 Å². The zero-order valence-electron chi connectivity index (χ0n) is 15.4. The van der Waals surface area contributed by atoms with E-state index in [1.165, 1.54) is 6.07 Å². The van der Waals surface area contributed by atoms with E-state index in [1.54, 1.807) is 10.7 Å². The molecule has 26 heavy (non-hydrogen) atoms. The predicted molar refractivity (Wildman–Crippen MR) is 98.8 cm³/mol. The molecule has 0 unspecified atom stereocenters. The highest BCUT2D eigenvalue weighted by Gasteiger charge is 2.41. The minimum atomic E-state index is -0.257. The van der Waals surface area contributed by atoms with Crippen molar-refractivity contribution in [2.45, 2.75) is 38.8 Å². The van der Waals surface area contributed by atoms with E-state index in [4.69, 9.17) is 0 Å². The number of fused-ring (bicyclic) bond motifs is 1. The molecule has 0 aliphatic carbocycles. The number of carbonyl (C=O) groups excluding carboxylic acids is 1. The normalized spacial score (nSPS) is 19.3. The molecule has 0 spiro atoms. The third-order valence-electron chi connectivity index (χ3n) is 5.70. The van der Waals surface area contributed by atoms with Gasteiger partial charge in [0.25, 0.3) is 0 Å². The molecule has 0 bridgehead atoms. The molecule has 3 heterocycles. The van der Waals surface area contributed by atoms with Crippen molar-refractivity contribution in [1.29, 1.82) is 0 Å². The van der Waals surface area contributed by atoms with Crippen LogP contribution in [0.5, 0.6) is 0 Å². The average molecular weight is 357 g/mol. The van der Waals surface area contributed by atoms with Gasteiger partial charge in [-0.15, -0.1) is 0 Å². The molecule has 1 saturated heterocycles. The second kappa shape index (κ2) is 6.00. The van der Waals surface area contributed by atoms with Gasteiger partial charge < -0.3 is 9.80 Å². The van der Waals surface area contributed by atoms with Gasteiger partial charge in [-0.3, -0.25) is 10.00 Å². The summed E-state index contributed by atoms with van der Waals surface area (Å²) in [5.74, 6) is 0.473. The second-order valence-corrected chi connectivity index (χ2v) is 7.58. The number of amides is 2. The fourth-order valence-corrected chi connectivity index (χ4v) is 4.11. The Bertz CT molecular complexity index is 833. The van der Waals surface area contributed by atoms with E-state index >= 15 is 0 Å². The van der Waals surface area contributed by atoms with Gasteiger partial charge in [0, 0.05) is 37.4 Å². The van der Waals surface area contributed by atoms with E-state index in [9.17, 15) is 9.18 Å². The van der Waals surface area contributed by atoms with Gasteiger partial charge >= 0.3 is 6.03 Å². The minimum absolute atomic E-state index is 0.103. The lowest BCUT2D eigenvalue weighted by Crippen LogP contribution is -2.57. The minimum Gasteiger partial charge on any atom is -0.369 e. The summed E-state index contributed by atoms with van der Waals surface area (Å²) in [6.45, 7) is 6.07. The van der Waals surface area contributed by atoms with E-state index in [0.29, 0.717) is 18.1 Å². The van der Waals surface area contributed by atoms with Crippen LogP contribution < -0.4 is 10.2 Å². The Morgan fingerprint density at radius 2 is 2.00 bits per heavy atom. The van der Waals surface area contributed by atoms with E-state index in [0.717, 1.165) is 37.1 Å². The smallest absolute Gasteiger partial charge is 0.323 e. The monoisotopic (exact) mass is 357 g/mol. The molecule has 2 amide bonds. The van der Waals surface area contributed by atoms with Crippen LogP contribution in [0.1, 0.15) is 30.9 Å². The molecule has 138 valence electrons. The molecule has 1 fully saturated rings. The van der Waals surface area contributed by atoms with Crippen LogP contribution in [0.25, 0.3) is 0 Å². The van der Waals surface area contributed by atoms with Crippen molar-refractivity contribution in [3.05, 3.63) is 41.3 Å². The summed E-state index contributed by atoms with van der Waals surface area (Å²) in [5.41, 5.74) is 2.41. The molecule has 4 rings (SSSR count). The first kappa shape index (κ1) is 16.9. The molecule has 1 aromatic carbocycles. The Morgan fingerprint density at radius 1 is 1.27 bits per heavy atom. The number of aromatic nitrogens is 2. The number of anilines is 2. The standard InChI is InChI=1S/C19H24FN5O/c1-13-5-4-6-15(20)16(13)24-9-7-19(2,8-10-24)25-12-14-11-23(3)22-17(14)21-18(25)26/h4-6,11H,7-10,12H2,1-3H3,(H,21,22,26). The average Bonchev–Trinajstić information content (AvgIpc) is 2.94. The number of carbonyl (C=O) groups is 1. The van der Waals surface area contributed by atoms with Crippen LogP contribution in [0.4, 0.5) is 20.7 Å². The number of rotatable bonds is 2. The molecule has 1 N–H and O–H groups in total. The maximum atomic E-state index is 14.3. The molecular weight excluding hydrogens is 333 g/mol. The Labute approximate surface area is 152 Å². The van der Waals surface area contributed by atoms with Crippen molar-refractivity contribution in [1.82, 2.24) is 14.7 Å². The maximum absolute atomic E-state index is 14.3. The fourth-order valence-electron chi connectivity index (χ4n) is 4.11. The summed E-state index contributed by atoms with van der Waals surface area (Å²) in [7, 11) is 1.85. The van der Waals surface area contributed by atoms with Crippen LogP contribution in [0.2, 0.25) is 0 Å². The molecule has 0 atom stereocenters. The number of para-hydroxylation sites is 1. The highest BCUT2D eigenvalue weighted by molar-refractivity contribution is 5.91. The van der Waals surface area contributed by atoms with Gasteiger partial charge in [-0.25, -0.2) is 9.18 Å². The SMILES string of the molecule is Cc1cccc(F)c1N1CCC(C)(N2Cc3cn(C)nc3NC2=O)CC1. The van der Waals surface area contributed by atoms with Crippen molar-refractivity contribution >= 4 is 17.5 Å². The number of hydrogen-bond donors (Lipinski definition) is 1. The largest absolute Gasteiger partial charge is 0.369 e. The van der Waals surface area contributed by atoms with Gasteiger partial charge in [0.2, 0.25) is 0 Å². The lowest BCUT2D eigenvalue weighted by Gasteiger charge is -2.48. The summed E-state index contributed by atoms with van der Waals surface area (Å²) < 4.78 is 16.0. The number of halogens is 1. The third-order valence-corrected chi connectivity index (χ3v) is 5.70. The van der Waals surface area contributed by atoms with Gasteiger partial charge in [-0.2, -0.15) is 5.10 Å². The quantitative estimate of drug-likeness (QED) is 0.897. The number of benzene rings is 1. The van der Waals surface area contributed by atoms with E-state index < -0.39 is 0 Å². The van der Waals surface area contributed by atoms with Crippen LogP contribution in [0, 0.1) is 12.7 Å². The predicted octanol–water partition coefficient (Wildman–Crippen LogP) is 3.27. The zero-order valence-corrected chi connectivity index (χ0v) is 15.4. The van der Waals surface area contributed by atoms with Crippen LogP contribution in [0.3, 0.4) is 0 Å². The fraction of sp³-hybridized carbons (Fsp3) is 0.474. The van der Waals surface area contributed by atoms with Crippen molar-refractivity contribution in [3.8, 4) is 0 Å². The lowest BCUT2D eigenvalue weighted by atomic mass is 9.86. The number of piperidine rings is 1. The number of urea groups is 1. The van der Waals surface area contributed by atoms with Gasteiger partial charge in [-0.1, -0.05) is 12.1 Å². The molecule has 6 nitrogen and oxygen atoms in total. The van der Waals surface area contributed by atoms with Gasteiger partial charge in [0.05, 0.1) is 12.2 Å². The Kier molecular flexibility index (Phi) is 3.89. The third kappa shape index (κ3) is 2.71. The van der Waals surface area contributed by atoms with Crippen molar-refractivity contribution in [3.63, 3.8) is 0 Å². The second-order valence-electron chi connectivity index (χ2n) is 7.58. The number of nitrogens with one attached hydrogen (secondary N) is 1. The molecule has 1 aromatic heterocycles. The van der Waals surface area contributed by atoms with E-state index in [1.807, 2.05) is 31.1 Å². The Morgan fingerprint density at radius 3 is 2.69 bits per heavy atom. The number of hydrogen-bond acceptors (Lipinski definition) is 3. The summed E-state index contributed by atoms with van der Waals surface area (Å²) in [6.07, 6.45) is 3.54. The molecule has 2 aliphatic heterocycles. The zero-order chi connectivity index (χ0) is 18.5. The topological polar surface area (TPSA) is 53.4 Å². The van der Waals surface area contributed by atoms with Crippen LogP contribution >= 0.6 is 0 Å². The highest BCUT2D eigenvalue weighted by atomic mass is 19.1. The molecular formula is C19H24FN5O. The van der Waals surface area contributed by atoms with Gasteiger partial charge in [0.1, 0.15) is 5.82 Å². The van der Waals surface area contributed by atoms with Crippen molar-refractivity contribution in [2.75, 3.05) is 23.3 Å². The summed E-state index contributed by atoms with van der Waals surface area (Å²) in [6, 6.07) is 5.09. The van der Waals surface area contributed by atoms with Gasteiger partial charge in [0.15, 0.2) is 5.82 Å². The van der Waals surface area contributed by atoms with Crippen LogP contribution in [-0.2, 0) is 13.6 Å². The Balaban J connectivity index is 1.52. The number of aryl methyl sites for hydroxylation is 2. The molecule has 2 aromatic rings. The summed E-state index contributed by atoms with van der Waals surface area (Å²) in [5, 5.41) is 7.18. The van der Waals surface area contributed by atoms with Crippen molar-refractivity contribution < 1.29 is 9.18 Å². The highest BCUT2D eigenvalue weighted by Crippen LogP contribution is 2.36. The first-order valence-corrected chi connectivity index (χ1v) is 8.98. The summed E-state index contributed by atoms with van der Waals surface area (Å²) in [4.78, 5) is 16.6. The van der Waals surface area contributed by atoms with Crippen molar-refractivity contribution in [2.24, 2.45) is 7.05 Å². The molecule has 0 saturated carbocycles. The van der Waals surface area contributed by atoms with Crippen LogP contribution in [-0.4, -0.2) is 39.3 Å².